The van der Waals surface area contributed by atoms with E-state index in [-0.39, 0.29) is 0 Å². The molecule has 0 bridgehead atoms. The van der Waals surface area contributed by atoms with Crippen molar-refractivity contribution in [3.05, 3.63) is 30.5 Å². The molecule has 0 atom stereocenters. The van der Waals surface area contributed by atoms with Crippen LogP contribution in [0.25, 0.3) is 11.4 Å². The minimum Gasteiger partial charge on any atom is -0.449 e. The molecule has 0 aliphatic rings. The Morgan fingerprint density at radius 2 is 2.25 bits per heavy atom. The van der Waals surface area contributed by atoms with Crippen LogP contribution in [0.2, 0.25) is 0 Å². The molecule has 4 nitrogen and oxygen atoms in total. The smallest absolute Gasteiger partial charge is 0.191 e. The summed E-state index contributed by atoms with van der Waals surface area (Å²) in [5.74, 6) is 0.635. The van der Waals surface area contributed by atoms with E-state index in [0.29, 0.717) is 5.89 Å². The standard InChI is InChI=1S/C8H7N3O/c1-6-10-8(5-12-6)7-3-2-4-9-11-7/h2-5H,1H3. The maximum atomic E-state index is 5.04. The predicted octanol–water partition coefficient (Wildman–Crippen LogP) is 1.44. The SMILES string of the molecule is Cc1nc(-c2cccnn2)co1. The summed E-state index contributed by atoms with van der Waals surface area (Å²) in [6.07, 6.45) is 3.19. The highest BCUT2D eigenvalue weighted by Crippen LogP contribution is 2.13. The molecule has 0 saturated heterocycles. The third-order valence-corrected chi connectivity index (χ3v) is 1.45. The lowest BCUT2D eigenvalue weighted by molar-refractivity contribution is 0.521. The minimum atomic E-state index is 0.635. The van der Waals surface area contributed by atoms with Gasteiger partial charge in [0.1, 0.15) is 17.7 Å². The van der Waals surface area contributed by atoms with E-state index in [0.717, 1.165) is 11.4 Å². The fourth-order valence-corrected chi connectivity index (χ4v) is 0.919. The van der Waals surface area contributed by atoms with Crippen LogP contribution in [0.5, 0.6) is 0 Å². The molecule has 0 aliphatic carbocycles. The molecule has 0 amide bonds. The van der Waals surface area contributed by atoms with Gasteiger partial charge < -0.3 is 4.42 Å². The van der Waals surface area contributed by atoms with E-state index in [4.69, 9.17) is 4.42 Å². The van der Waals surface area contributed by atoms with Gasteiger partial charge in [0.15, 0.2) is 5.89 Å². The molecule has 2 aromatic heterocycles. The van der Waals surface area contributed by atoms with Gasteiger partial charge in [-0.25, -0.2) is 4.98 Å². The second kappa shape index (κ2) is 2.73. The fraction of sp³-hybridized carbons (Fsp3) is 0.125. The topological polar surface area (TPSA) is 51.8 Å². The average Bonchev–Trinajstić information content (AvgIpc) is 2.54. The van der Waals surface area contributed by atoms with Gasteiger partial charge >= 0.3 is 0 Å². The molecular formula is C8H7N3O. The van der Waals surface area contributed by atoms with Gasteiger partial charge in [-0.3, -0.25) is 0 Å². The van der Waals surface area contributed by atoms with Crippen molar-refractivity contribution in [1.29, 1.82) is 0 Å². The molecular weight excluding hydrogens is 154 g/mol. The van der Waals surface area contributed by atoms with Crippen LogP contribution in [-0.2, 0) is 0 Å². The number of hydrogen-bond donors (Lipinski definition) is 0. The van der Waals surface area contributed by atoms with Gasteiger partial charge in [0.25, 0.3) is 0 Å². The third kappa shape index (κ3) is 1.18. The molecule has 2 rings (SSSR count). The van der Waals surface area contributed by atoms with Crippen molar-refractivity contribution in [2.75, 3.05) is 0 Å². The number of aryl methyl sites for hydroxylation is 1. The van der Waals surface area contributed by atoms with Crippen LogP contribution in [0.1, 0.15) is 5.89 Å². The molecule has 0 radical (unpaired) electrons. The van der Waals surface area contributed by atoms with Crippen LogP contribution in [0, 0.1) is 6.92 Å². The molecule has 60 valence electrons. The Balaban J connectivity index is 2.45. The van der Waals surface area contributed by atoms with E-state index >= 15 is 0 Å². The van der Waals surface area contributed by atoms with E-state index in [1.165, 1.54) is 0 Å². The Hall–Kier alpha value is -1.71. The molecule has 0 spiro atoms. The van der Waals surface area contributed by atoms with Crippen molar-refractivity contribution in [2.24, 2.45) is 0 Å². The average molecular weight is 161 g/mol. The van der Waals surface area contributed by atoms with E-state index in [2.05, 4.69) is 15.2 Å². The number of rotatable bonds is 1. The Morgan fingerprint density at radius 3 is 2.83 bits per heavy atom. The Morgan fingerprint density at radius 1 is 1.33 bits per heavy atom. The number of hydrogen-bond acceptors (Lipinski definition) is 4. The monoisotopic (exact) mass is 161 g/mol. The first-order valence-electron chi connectivity index (χ1n) is 3.56. The Labute approximate surface area is 69.3 Å². The molecule has 0 N–H and O–H groups in total. The molecule has 2 aromatic rings. The van der Waals surface area contributed by atoms with Crippen molar-refractivity contribution in [2.45, 2.75) is 6.92 Å². The number of nitrogens with zero attached hydrogens (tertiary/aromatic N) is 3. The first kappa shape index (κ1) is 6.97. The lowest BCUT2D eigenvalue weighted by atomic mass is 10.3. The van der Waals surface area contributed by atoms with Crippen LogP contribution in [0.15, 0.2) is 29.0 Å². The van der Waals surface area contributed by atoms with Gasteiger partial charge in [0.2, 0.25) is 0 Å². The van der Waals surface area contributed by atoms with E-state index in [1.807, 2.05) is 12.1 Å². The van der Waals surface area contributed by atoms with Crippen LogP contribution in [-0.4, -0.2) is 15.2 Å². The van der Waals surface area contributed by atoms with Gasteiger partial charge in [0, 0.05) is 13.1 Å². The highest BCUT2D eigenvalue weighted by molar-refractivity contribution is 5.50. The first-order chi connectivity index (χ1) is 5.86. The maximum Gasteiger partial charge on any atom is 0.191 e. The van der Waals surface area contributed by atoms with Crippen molar-refractivity contribution in [3.63, 3.8) is 0 Å². The summed E-state index contributed by atoms with van der Waals surface area (Å²) in [5, 5.41) is 7.63. The van der Waals surface area contributed by atoms with E-state index in [1.54, 1.807) is 19.4 Å². The lowest BCUT2D eigenvalue weighted by Gasteiger charge is -1.89. The van der Waals surface area contributed by atoms with E-state index in [9.17, 15) is 0 Å². The molecule has 0 saturated carbocycles. The number of oxazole rings is 1. The molecule has 2 heterocycles. The third-order valence-electron chi connectivity index (χ3n) is 1.45. The zero-order valence-corrected chi connectivity index (χ0v) is 6.56. The highest BCUT2D eigenvalue weighted by atomic mass is 16.3. The van der Waals surface area contributed by atoms with Crippen LogP contribution >= 0.6 is 0 Å². The Bertz CT molecular complexity index is 369. The summed E-state index contributed by atoms with van der Waals surface area (Å²) in [4.78, 5) is 4.11. The zero-order valence-electron chi connectivity index (χ0n) is 6.56. The van der Waals surface area contributed by atoms with Crippen molar-refractivity contribution < 1.29 is 4.42 Å². The van der Waals surface area contributed by atoms with Crippen molar-refractivity contribution in [3.8, 4) is 11.4 Å². The van der Waals surface area contributed by atoms with Gasteiger partial charge in [-0.05, 0) is 12.1 Å². The summed E-state index contributed by atoms with van der Waals surface area (Å²) in [5.41, 5.74) is 1.45. The Kier molecular flexibility index (Phi) is 1.59. The zero-order chi connectivity index (χ0) is 8.39. The van der Waals surface area contributed by atoms with Crippen LogP contribution in [0.3, 0.4) is 0 Å². The summed E-state index contributed by atoms with van der Waals surface area (Å²) in [6.45, 7) is 1.79. The fourth-order valence-electron chi connectivity index (χ4n) is 0.919. The van der Waals surface area contributed by atoms with E-state index < -0.39 is 0 Å². The summed E-state index contributed by atoms with van der Waals surface area (Å²) >= 11 is 0. The summed E-state index contributed by atoms with van der Waals surface area (Å²) in [6, 6.07) is 3.65. The predicted molar refractivity (Wildman–Crippen MR) is 42.3 cm³/mol. The molecule has 0 aliphatic heterocycles. The van der Waals surface area contributed by atoms with Gasteiger partial charge in [-0.2, -0.15) is 5.10 Å². The van der Waals surface area contributed by atoms with Crippen LogP contribution < -0.4 is 0 Å². The second-order valence-corrected chi connectivity index (χ2v) is 2.36. The van der Waals surface area contributed by atoms with Crippen LogP contribution in [0.4, 0.5) is 0 Å². The molecule has 12 heavy (non-hydrogen) atoms. The molecule has 0 fully saturated rings. The van der Waals surface area contributed by atoms with Gasteiger partial charge in [-0.1, -0.05) is 0 Å². The van der Waals surface area contributed by atoms with Gasteiger partial charge in [0.05, 0.1) is 0 Å². The normalized spacial score (nSPS) is 10.1. The molecule has 4 heteroatoms. The summed E-state index contributed by atoms with van der Waals surface area (Å²) < 4.78 is 5.04. The molecule has 0 aromatic carbocycles. The first-order valence-corrected chi connectivity index (χ1v) is 3.56. The minimum absolute atomic E-state index is 0.635. The second-order valence-electron chi connectivity index (χ2n) is 2.36. The largest absolute Gasteiger partial charge is 0.449 e. The number of aromatic nitrogens is 3. The lowest BCUT2D eigenvalue weighted by Crippen LogP contribution is -1.85. The van der Waals surface area contributed by atoms with Gasteiger partial charge in [-0.15, -0.1) is 5.10 Å². The van der Waals surface area contributed by atoms with Crippen molar-refractivity contribution in [1.82, 2.24) is 15.2 Å². The summed E-state index contributed by atoms with van der Waals surface area (Å²) in [7, 11) is 0. The van der Waals surface area contributed by atoms with Crippen molar-refractivity contribution >= 4 is 0 Å². The highest BCUT2D eigenvalue weighted by Gasteiger charge is 2.02. The molecule has 0 unspecified atom stereocenters. The quantitative estimate of drug-likeness (QED) is 0.635. The maximum absolute atomic E-state index is 5.04.